The predicted octanol–water partition coefficient (Wildman–Crippen LogP) is 1.56. The van der Waals surface area contributed by atoms with E-state index in [0.717, 1.165) is 6.26 Å². The van der Waals surface area contributed by atoms with Crippen LogP contribution in [0.3, 0.4) is 0 Å². The first-order chi connectivity index (χ1) is 5.90. The molecule has 0 radical (unpaired) electrons. The number of carboxylic acids is 1. The van der Waals surface area contributed by atoms with E-state index in [4.69, 9.17) is 5.11 Å². The number of carboxylic acid groups (broad SMARTS) is 1. The van der Waals surface area contributed by atoms with Gasteiger partial charge in [0.05, 0.1) is 11.7 Å². The lowest BCUT2D eigenvalue weighted by atomic mass is 9.88. The molecule has 0 aliphatic carbocycles. The third-order valence-corrected chi connectivity index (χ3v) is 1.71. The zero-order valence-electron chi connectivity index (χ0n) is 7.87. The van der Waals surface area contributed by atoms with Gasteiger partial charge in [-0.1, -0.05) is 6.58 Å². The highest BCUT2D eigenvalue weighted by atomic mass is 16.5. The smallest absolute Gasteiger partial charge is 0.316 e. The van der Waals surface area contributed by atoms with E-state index in [1.807, 2.05) is 0 Å². The fraction of sp³-hybridized carbons (Fsp3) is 0.556. The number of carbonyl (C=O) groups excluding carboxylic acids is 1. The first-order valence-corrected chi connectivity index (χ1v) is 3.94. The van der Waals surface area contributed by atoms with Gasteiger partial charge in [0.1, 0.15) is 0 Å². The van der Waals surface area contributed by atoms with Crippen molar-refractivity contribution in [1.29, 1.82) is 0 Å². The molecule has 0 amide bonds. The lowest BCUT2D eigenvalue weighted by Gasteiger charge is -2.19. The highest BCUT2D eigenvalue weighted by Crippen LogP contribution is 2.24. The third kappa shape index (κ3) is 4.30. The summed E-state index contributed by atoms with van der Waals surface area (Å²) in [5.74, 6) is -1.37. The topological polar surface area (TPSA) is 63.6 Å². The largest absolute Gasteiger partial charge is 0.481 e. The number of carbonyl (C=O) groups is 2. The van der Waals surface area contributed by atoms with Gasteiger partial charge in [-0.05, 0) is 20.3 Å². The second kappa shape index (κ2) is 4.64. The van der Waals surface area contributed by atoms with Crippen molar-refractivity contribution in [2.75, 3.05) is 0 Å². The molecule has 0 fully saturated rings. The molecular formula is C9H14O4. The van der Waals surface area contributed by atoms with Crippen molar-refractivity contribution in [2.24, 2.45) is 5.41 Å². The van der Waals surface area contributed by atoms with Crippen molar-refractivity contribution in [3.8, 4) is 0 Å². The van der Waals surface area contributed by atoms with E-state index < -0.39 is 17.4 Å². The summed E-state index contributed by atoms with van der Waals surface area (Å²) in [5, 5.41) is 8.42. The molecule has 0 saturated heterocycles. The highest BCUT2D eigenvalue weighted by molar-refractivity contribution is 5.77. The molecule has 0 atom stereocenters. The first kappa shape index (κ1) is 11.7. The van der Waals surface area contributed by atoms with Gasteiger partial charge in [0, 0.05) is 6.42 Å². The van der Waals surface area contributed by atoms with Gasteiger partial charge in [0.15, 0.2) is 0 Å². The molecule has 0 aromatic carbocycles. The average Bonchev–Trinajstić information content (AvgIpc) is 2.01. The van der Waals surface area contributed by atoms with Gasteiger partial charge in [0.2, 0.25) is 0 Å². The minimum atomic E-state index is -0.917. The first-order valence-electron chi connectivity index (χ1n) is 3.94. The minimum absolute atomic E-state index is 0.0424. The van der Waals surface area contributed by atoms with Crippen molar-refractivity contribution in [3.63, 3.8) is 0 Å². The van der Waals surface area contributed by atoms with Crippen molar-refractivity contribution in [1.82, 2.24) is 0 Å². The minimum Gasteiger partial charge on any atom is -0.481 e. The van der Waals surface area contributed by atoms with Crippen LogP contribution in [0.25, 0.3) is 0 Å². The summed E-state index contributed by atoms with van der Waals surface area (Å²) < 4.78 is 4.57. The van der Waals surface area contributed by atoms with Gasteiger partial charge in [-0.3, -0.25) is 9.59 Å². The number of aliphatic carboxylic acids is 1. The molecule has 0 saturated carbocycles. The van der Waals surface area contributed by atoms with Crippen LogP contribution in [0.4, 0.5) is 0 Å². The predicted molar refractivity (Wildman–Crippen MR) is 46.9 cm³/mol. The van der Waals surface area contributed by atoms with Crippen LogP contribution in [0.2, 0.25) is 0 Å². The van der Waals surface area contributed by atoms with E-state index in [1.54, 1.807) is 13.8 Å². The van der Waals surface area contributed by atoms with Crippen molar-refractivity contribution >= 4 is 11.9 Å². The Morgan fingerprint density at radius 3 is 2.46 bits per heavy atom. The van der Waals surface area contributed by atoms with Gasteiger partial charge in [-0.25, -0.2) is 0 Å². The van der Waals surface area contributed by atoms with Crippen LogP contribution >= 0.6 is 0 Å². The van der Waals surface area contributed by atoms with E-state index in [-0.39, 0.29) is 12.8 Å². The van der Waals surface area contributed by atoms with Crippen LogP contribution in [0.1, 0.15) is 26.7 Å². The number of hydrogen-bond acceptors (Lipinski definition) is 3. The molecule has 0 unspecified atom stereocenters. The maximum absolute atomic E-state index is 11.2. The average molecular weight is 186 g/mol. The molecule has 0 aromatic heterocycles. The molecule has 4 heteroatoms. The summed E-state index contributed by atoms with van der Waals surface area (Å²) in [4.78, 5) is 21.4. The maximum Gasteiger partial charge on any atom is 0.316 e. The monoisotopic (exact) mass is 186 g/mol. The molecule has 0 spiro atoms. The summed E-state index contributed by atoms with van der Waals surface area (Å²) in [6.07, 6.45) is 1.26. The fourth-order valence-corrected chi connectivity index (χ4v) is 0.757. The Hall–Kier alpha value is -1.32. The second-order valence-corrected chi connectivity index (χ2v) is 3.35. The summed E-state index contributed by atoms with van der Waals surface area (Å²) in [6, 6.07) is 0. The van der Waals surface area contributed by atoms with Crippen LogP contribution < -0.4 is 0 Å². The standard InChI is InChI=1S/C9H14O4/c1-4-13-8(12)9(2,3)6-5-7(10)11/h4H,1,5-6H2,2-3H3,(H,10,11). The number of esters is 1. The molecule has 13 heavy (non-hydrogen) atoms. The number of rotatable bonds is 5. The summed E-state index contributed by atoms with van der Waals surface area (Å²) >= 11 is 0. The molecule has 0 aliphatic heterocycles. The fourth-order valence-electron chi connectivity index (χ4n) is 0.757. The molecular weight excluding hydrogens is 172 g/mol. The van der Waals surface area contributed by atoms with Gasteiger partial charge in [0.25, 0.3) is 0 Å². The van der Waals surface area contributed by atoms with Gasteiger partial charge < -0.3 is 9.84 Å². The second-order valence-electron chi connectivity index (χ2n) is 3.35. The van der Waals surface area contributed by atoms with E-state index in [2.05, 4.69) is 11.3 Å². The Kier molecular flexibility index (Phi) is 4.17. The summed E-state index contributed by atoms with van der Waals surface area (Å²) in [7, 11) is 0. The van der Waals surface area contributed by atoms with Crippen LogP contribution in [-0.2, 0) is 14.3 Å². The SMILES string of the molecule is C=COC(=O)C(C)(C)CCC(=O)O. The Morgan fingerprint density at radius 1 is 1.54 bits per heavy atom. The molecule has 0 rings (SSSR count). The number of hydrogen-bond donors (Lipinski definition) is 1. The van der Waals surface area contributed by atoms with Crippen molar-refractivity contribution < 1.29 is 19.4 Å². The van der Waals surface area contributed by atoms with Gasteiger partial charge in [-0.15, -0.1) is 0 Å². The molecule has 1 N–H and O–H groups in total. The molecule has 0 bridgehead atoms. The maximum atomic E-state index is 11.2. The van der Waals surface area contributed by atoms with E-state index in [9.17, 15) is 9.59 Å². The van der Waals surface area contributed by atoms with Crippen LogP contribution in [0.5, 0.6) is 0 Å². The Balaban J connectivity index is 4.12. The molecule has 0 aliphatic rings. The quantitative estimate of drug-likeness (QED) is 0.522. The summed E-state index contributed by atoms with van der Waals surface area (Å²) in [5.41, 5.74) is -0.771. The third-order valence-electron chi connectivity index (χ3n) is 1.71. The summed E-state index contributed by atoms with van der Waals surface area (Å²) in [6.45, 7) is 6.53. The van der Waals surface area contributed by atoms with Gasteiger partial charge >= 0.3 is 11.9 Å². The van der Waals surface area contributed by atoms with Crippen LogP contribution in [0, 0.1) is 5.41 Å². The molecule has 0 aromatic rings. The van der Waals surface area contributed by atoms with Crippen LogP contribution in [0.15, 0.2) is 12.8 Å². The van der Waals surface area contributed by atoms with Crippen molar-refractivity contribution in [3.05, 3.63) is 12.8 Å². The van der Waals surface area contributed by atoms with Crippen LogP contribution in [-0.4, -0.2) is 17.0 Å². The number of ether oxygens (including phenoxy) is 1. The molecule has 0 heterocycles. The highest BCUT2D eigenvalue weighted by Gasteiger charge is 2.29. The van der Waals surface area contributed by atoms with E-state index >= 15 is 0 Å². The van der Waals surface area contributed by atoms with E-state index in [1.165, 1.54) is 0 Å². The van der Waals surface area contributed by atoms with Crippen molar-refractivity contribution in [2.45, 2.75) is 26.7 Å². The molecule has 74 valence electrons. The van der Waals surface area contributed by atoms with E-state index in [0.29, 0.717) is 0 Å². The zero-order chi connectivity index (χ0) is 10.5. The Labute approximate surface area is 77.2 Å². The lowest BCUT2D eigenvalue weighted by Crippen LogP contribution is -2.26. The lowest BCUT2D eigenvalue weighted by molar-refractivity contribution is -0.149. The Bertz CT molecular complexity index is 218. The van der Waals surface area contributed by atoms with Gasteiger partial charge in [-0.2, -0.15) is 0 Å². The normalized spacial score (nSPS) is 10.6. The zero-order valence-corrected chi connectivity index (χ0v) is 7.87. The Morgan fingerprint density at radius 2 is 2.08 bits per heavy atom. The molecule has 4 nitrogen and oxygen atoms in total.